The van der Waals surface area contributed by atoms with Gasteiger partial charge in [0.25, 0.3) is 0 Å². The van der Waals surface area contributed by atoms with E-state index in [1.54, 1.807) is 30.3 Å². The summed E-state index contributed by atoms with van der Waals surface area (Å²) in [5, 5.41) is 0. The first-order valence-corrected chi connectivity index (χ1v) is 5.04. The highest BCUT2D eigenvalue weighted by atomic mass is 16.2. The molecule has 0 aliphatic carbocycles. The number of nitrogen functional groups attached to an aromatic ring is 1. The predicted octanol–water partition coefficient (Wildman–Crippen LogP) is 1.73. The minimum absolute atomic E-state index is 0.244. The van der Waals surface area contributed by atoms with E-state index in [2.05, 4.69) is 4.98 Å². The Hall–Kier alpha value is -2.49. The van der Waals surface area contributed by atoms with Crippen LogP contribution in [0.15, 0.2) is 48.7 Å². The zero-order chi connectivity index (χ0) is 12.3. The van der Waals surface area contributed by atoms with Gasteiger partial charge in [-0.25, -0.2) is 4.98 Å². The van der Waals surface area contributed by atoms with Crippen molar-refractivity contribution in [3.05, 3.63) is 59.8 Å². The summed E-state index contributed by atoms with van der Waals surface area (Å²) in [7, 11) is 0. The zero-order valence-electron chi connectivity index (χ0n) is 8.96. The molecule has 0 aliphatic rings. The van der Waals surface area contributed by atoms with Gasteiger partial charge in [-0.15, -0.1) is 0 Å². The Labute approximate surface area is 98.1 Å². The van der Waals surface area contributed by atoms with Crippen LogP contribution in [0.2, 0.25) is 0 Å². The summed E-state index contributed by atoms with van der Waals surface area (Å²) in [5.74, 6) is -0.811. The van der Waals surface area contributed by atoms with Crippen molar-refractivity contribution in [2.24, 2.45) is 0 Å². The standard InChI is InChI=1S/C13H10N2O2/c14-11-7-6-10(8-15-11)13(17)12(16)9-4-2-1-3-5-9/h1-8H,(H2,14,15). The van der Waals surface area contributed by atoms with Crippen LogP contribution in [-0.4, -0.2) is 16.6 Å². The number of Topliss-reactive ketones (excluding diaryl/α,β-unsaturated/α-hetero) is 2. The molecular formula is C13H10N2O2. The van der Waals surface area contributed by atoms with E-state index >= 15 is 0 Å². The van der Waals surface area contributed by atoms with Crippen LogP contribution in [0.25, 0.3) is 0 Å². The Morgan fingerprint density at radius 2 is 1.53 bits per heavy atom. The van der Waals surface area contributed by atoms with Crippen LogP contribution >= 0.6 is 0 Å². The lowest BCUT2D eigenvalue weighted by Gasteiger charge is -2.00. The second-order valence-corrected chi connectivity index (χ2v) is 3.50. The van der Waals surface area contributed by atoms with Crippen molar-refractivity contribution in [2.75, 3.05) is 5.73 Å². The number of rotatable bonds is 3. The molecule has 0 atom stereocenters. The first-order valence-electron chi connectivity index (χ1n) is 5.04. The number of nitrogens with two attached hydrogens (primary N) is 1. The molecule has 84 valence electrons. The van der Waals surface area contributed by atoms with Crippen molar-refractivity contribution < 1.29 is 9.59 Å². The van der Waals surface area contributed by atoms with Crippen molar-refractivity contribution in [2.45, 2.75) is 0 Å². The minimum atomic E-state index is -0.580. The van der Waals surface area contributed by atoms with Crippen molar-refractivity contribution >= 4 is 17.4 Å². The summed E-state index contributed by atoms with van der Waals surface area (Å²) in [6.45, 7) is 0. The van der Waals surface area contributed by atoms with Crippen molar-refractivity contribution in [3.63, 3.8) is 0 Å². The highest BCUT2D eigenvalue weighted by molar-refractivity contribution is 6.49. The van der Waals surface area contributed by atoms with E-state index in [4.69, 9.17) is 5.73 Å². The summed E-state index contributed by atoms with van der Waals surface area (Å²) in [5.41, 5.74) is 6.02. The third kappa shape index (κ3) is 2.36. The molecule has 0 bridgehead atoms. The Morgan fingerprint density at radius 3 is 2.12 bits per heavy atom. The summed E-state index contributed by atoms with van der Waals surface area (Å²) < 4.78 is 0. The summed E-state index contributed by atoms with van der Waals surface area (Å²) >= 11 is 0. The van der Waals surface area contributed by atoms with Gasteiger partial charge in [0.2, 0.25) is 11.6 Å². The molecular weight excluding hydrogens is 216 g/mol. The predicted molar refractivity (Wildman–Crippen MR) is 63.8 cm³/mol. The second-order valence-electron chi connectivity index (χ2n) is 3.50. The smallest absolute Gasteiger partial charge is 0.235 e. The van der Waals surface area contributed by atoms with Gasteiger partial charge in [-0.3, -0.25) is 9.59 Å². The normalized spacial score (nSPS) is 9.88. The molecule has 0 saturated heterocycles. The molecule has 0 amide bonds. The van der Waals surface area contributed by atoms with Gasteiger partial charge in [-0.2, -0.15) is 0 Å². The number of hydrogen-bond acceptors (Lipinski definition) is 4. The maximum atomic E-state index is 11.8. The van der Waals surface area contributed by atoms with Crippen LogP contribution < -0.4 is 5.73 Å². The number of carbonyl (C=O) groups excluding carboxylic acids is 2. The summed E-state index contributed by atoms with van der Waals surface area (Å²) in [6.07, 6.45) is 1.30. The molecule has 2 aromatic rings. The van der Waals surface area contributed by atoms with E-state index in [0.717, 1.165) is 0 Å². The highest BCUT2D eigenvalue weighted by Crippen LogP contribution is 2.08. The van der Waals surface area contributed by atoms with Gasteiger partial charge in [0.05, 0.1) is 0 Å². The monoisotopic (exact) mass is 226 g/mol. The molecule has 0 unspecified atom stereocenters. The molecule has 0 radical (unpaired) electrons. The number of hydrogen-bond donors (Lipinski definition) is 1. The summed E-state index contributed by atoms with van der Waals surface area (Å²) in [4.78, 5) is 27.4. The van der Waals surface area contributed by atoms with Crippen LogP contribution in [-0.2, 0) is 0 Å². The first-order chi connectivity index (χ1) is 8.18. The van der Waals surface area contributed by atoms with E-state index in [1.165, 1.54) is 18.3 Å². The third-order valence-corrected chi connectivity index (χ3v) is 2.29. The van der Waals surface area contributed by atoms with Gasteiger partial charge in [0.15, 0.2) is 0 Å². The largest absolute Gasteiger partial charge is 0.384 e. The Bertz CT molecular complexity index is 547. The molecule has 17 heavy (non-hydrogen) atoms. The van der Waals surface area contributed by atoms with Crippen LogP contribution in [0.3, 0.4) is 0 Å². The van der Waals surface area contributed by atoms with Crippen LogP contribution in [0, 0.1) is 0 Å². The lowest BCUT2D eigenvalue weighted by atomic mass is 10.0. The molecule has 2 rings (SSSR count). The number of nitrogens with zero attached hydrogens (tertiary/aromatic N) is 1. The number of benzene rings is 1. The maximum Gasteiger partial charge on any atom is 0.235 e. The quantitative estimate of drug-likeness (QED) is 0.639. The van der Waals surface area contributed by atoms with Crippen molar-refractivity contribution in [1.29, 1.82) is 0 Å². The number of ketones is 2. The number of carbonyl (C=O) groups is 2. The van der Waals surface area contributed by atoms with E-state index in [1.807, 2.05) is 0 Å². The first kappa shape index (κ1) is 11.0. The molecule has 0 saturated carbocycles. The topological polar surface area (TPSA) is 73.1 Å². The molecule has 0 fully saturated rings. The number of pyridine rings is 1. The lowest BCUT2D eigenvalue weighted by Crippen LogP contribution is -2.14. The van der Waals surface area contributed by atoms with E-state index in [9.17, 15) is 9.59 Å². The van der Waals surface area contributed by atoms with Crippen molar-refractivity contribution in [3.8, 4) is 0 Å². The summed E-state index contributed by atoms with van der Waals surface area (Å²) in [6, 6.07) is 11.4. The van der Waals surface area contributed by atoms with E-state index in [0.29, 0.717) is 11.4 Å². The minimum Gasteiger partial charge on any atom is -0.384 e. The van der Waals surface area contributed by atoms with Crippen LogP contribution in [0.5, 0.6) is 0 Å². The third-order valence-electron chi connectivity index (χ3n) is 2.29. The molecule has 0 aliphatic heterocycles. The molecule has 2 N–H and O–H groups in total. The fourth-order valence-corrected chi connectivity index (χ4v) is 1.39. The number of aromatic nitrogens is 1. The van der Waals surface area contributed by atoms with Gasteiger partial charge >= 0.3 is 0 Å². The van der Waals surface area contributed by atoms with Crippen LogP contribution in [0.1, 0.15) is 20.7 Å². The second kappa shape index (κ2) is 4.57. The van der Waals surface area contributed by atoms with Gasteiger partial charge < -0.3 is 5.73 Å². The molecule has 4 nitrogen and oxygen atoms in total. The molecule has 1 aromatic heterocycles. The van der Waals surface area contributed by atoms with Gasteiger partial charge in [0.1, 0.15) is 5.82 Å². The molecule has 4 heteroatoms. The average molecular weight is 226 g/mol. The fourth-order valence-electron chi connectivity index (χ4n) is 1.39. The lowest BCUT2D eigenvalue weighted by molar-refractivity contribution is 0.0816. The SMILES string of the molecule is Nc1ccc(C(=O)C(=O)c2ccccc2)cn1. The van der Waals surface area contributed by atoms with E-state index < -0.39 is 11.6 Å². The van der Waals surface area contributed by atoms with Crippen molar-refractivity contribution in [1.82, 2.24) is 4.98 Å². The Balaban J connectivity index is 2.27. The van der Waals surface area contributed by atoms with Gasteiger partial charge in [0, 0.05) is 17.3 Å². The molecule has 1 aromatic carbocycles. The Morgan fingerprint density at radius 1 is 0.882 bits per heavy atom. The van der Waals surface area contributed by atoms with Gasteiger partial charge in [-0.1, -0.05) is 30.3 Å². The molecule has 1 heterocycles. The zero-order valence-corrected chi connectivity index (χ0v) is 8.96. The van der Waals surface area contributed by atoms with E-state index in [-0.39, 0.29) is 5.56 Å². The molecule has 0 spiro atoms. The number of anilines is 1. The Kier molecular flexibility index (Phi) is 2.96. The van der Waals surface area contributed by atoms with Gasteiger partial charge in [-0.05, 0) is 12.1 Å². The fraction of sp³-hybridized carbons (Fsp3) is 0. The average Bonchev–Trinajstić information content (AvgIpc) is 2.39. The van der Waals surface area contributed by atoms with Crippen LogP contribution in [0.4, 0.5) is 5.82 Å². The maximum absolute atomic E-state index is 11.8. The highest BCUT2D eigenvalue weighted by Gasteiger charge is 2.17.